The van der Waals surface area contributed by atoms with Crippen LogP contribution >= 0.6 is 15.9 Å². The molecule has 3 fully saturated rings. The van der Waals surface area contributed by atoms with Gasteiger partial charge in [0.25, 0.3) is 0 Å². The molecule has 48 heavy (non-hydrogen) atoms. The van der Waals surface area contributed by atoms with Crippen LogP contribution in [0.2, 0.25) is 0 Å². The topological polar surface area (TPSA) is 117 Å². The molecule has 3 aliphatic rings. The Hall–Kier alpha value is -3.02. The van der Waals surface area contributed by atoms with E-state index in [1.54, 1.807) is 29.0 Å². The average Bonchev–Trinajstić information content (AvgIpc) is 3.67. The number of carbonyl (C=O) groups is 4. The fourth-order valence-corrected chi connectivity index (χ4v) is 8.63. The van der Waals surface area contributed by atoms with E-state index < -0.39 is 53.7 Å². The number of ether oxygens (including phenoxy) is 2. The summed E-state index contributed by atoms with van der Waals surface area (Å²) in [7, 11) is 1.69. The zero-order chi connectivity index (χ0) is 35.3. The molecule has 1 N–H and O–H groups in total. The summed E-state index contributed by atoms with van der Waals surface area (Å²) in [5.41, 5.74) is -0.588. The number of aliphatic hydroxyl groups excluding tert-OH is 1. The molecule has 0 aromatic heterocycles. The molecule has 1 unspecified atom stereocenters. The van der Waals surface area contributed by atoms with Crippen molar-refractivity contribution in [1.29, 1.82) is 0 Å². The molecule has 0 radical (unpaired) electrons. The molecule has 0 aliphatic carbocycles. The lowest BCUT2D eigenvalue weighted by molar-refractivity contribution is -0.165. The summed E-state index contributed by atoms with van der Waals surface area (Å²) in [6, 6.07) is 7.01. The smallest absolute Gasteiger partial charge is 0.313 e. The van der Waals surface area contributed by atoms with E-state index in [1.165, 1.54) is 4.90 Å². The lowest BCUT2D eigenvalue weighted by atomic mass is 9.70. The first-order chi connectivity index (χ1) is 22.9. The number of likely N-dealkylation sites (N-methyl/N-ethyl adjacent to an activating group) is 1. The molecule has 4 rings (SSSR count). The van der Waals surface area contributed by atoms with E-state index in [-0.39, 0.29) is 41.5 Å². The summed E-state index contributed by atoms with van der Waals surface area (Å²) < 4.78 is 13.0. The number of unbranched alkanes of at least 4 members (excludes halogenated alkanes) is 1. The number of esters is 1. The average molecular weight is 731 g/mol. The molecule has 264 valence electrons. The van der Waals surface area contributed by atoms with Gasteiger partial charge in [-0.3, -0.25) is 19.2 Å². The second-order valence-electron chi connectivity index (χ2n) is 13.7. The Morgan fingerprint density at radius 3 is 2.46 bits per heavy atom. The Kier molecular flexibility index (Phi) is 12.7. The number of halogens is 1. The summed E-state index contributed by atoms with van der Waals surface area (Å²) >= 11 is 3.74. The van der Waals surface area contributed by atoms with Gasteiger partial charge in [-0.05, 0) is 37.7 Å². The van der Waals surface area contributed by atoms with Crippen LogP contribution in [0, 0.1) is 17.8 Å². The van der Waals surface area contributed by atoms with E-state index in [0.29, 0.717) is 31.5 Å². The maximum absolute atomic E-state index is 14.7. The standard InChI is InChI=1S/C37H52BrN3O7/c1-8-11-18-28(43)39(7)24(6)31(25-16-14-13-15-17-25)47-36(46)29-30-34(44)41(27(22-42)23(4)5)33(37(30)21-26(38)32(29)48-37)35(45)40(19-10-3)20-12-9-2/h8,10,13-17,23-24,26-27,29-33,42H,1,3,9,11-12,18-22H2,2,4-7H3/t24-,26?,27+,29+,30-,31+,32+,33+,37-/m1/s1. The van der Waals surface area contributed by atoms with E-state index in [1.807, 2.05) is 58.0 Å². The first kappa shape index (κ1) is 37.8. The van der Waals surface area contributed by atoms with Gasteiger partial charge in [-0.25, -0.2) is 0 Å². The van der Waals surface area contributed by atoms with E-state index in [0.717, 1.165) is 12.8 Å². The normalized spacial score (nSPS) is 27.7. The van der Waals surface area contributed by atoms with Crippen molar-refractivity contribution in [3.63, 3.8) is 0 Å². The van der Waals surface area contributed by atoms with Gasteiger partial charge in [0.1, 0.15) is 17.7 Å². The van der Waals surface area contributed by atoms with Crippen LogP contribution in [-0.2, 0) is 28.7 Å². The van der Waals surface area contributed by atoms with Crippen LogP contribution in [0.3, 0.4) is 0 Å². The van der Waals surface area contributed by atoms with E-state index in [9.17, 15) is 24.3 Å². The Balaban J connectivity index is 1.75. The van der Waals surface area contributed by atoms with Gasteiger partial charge in [0.05, 0.1) is 36.6 Å². The minimum absolute atomic E-state index is 0.110. The van der Waals surface area contributed by atoms with E-state index in [4.69, 9.17) is 9.47 Å². The number of allylic oxidation sites excluding steroid dienone is 1. The number of hydrogen-bond acceptors (Lipinski definition) is 7. The molecule has 1 aromatic rings. The van der Waals surface area contributed by atoms with Crippen LogP contribution in [0.25, 0.3) is 0 Å². The largest absolute Gasteiger partial charge is 0.455 e. The molecule has 11 heteroatoms. The highest BCUT2D eigenvalue weighted by molar-refractivity contribution is 9.09. The van der Waals surface area contributed by atoms with Gasteiger partial charge in [-0.1, -0.05) is 85.6 Å². The maximum atomic E-state index is 14.7. The van der Waals surface area contributed by atoms with E-state index in [2.05, 4.69) is 29.1 Å². The van der Waals surface area contributed by atoms with Gasteiger partial charge in [0, 0.05) is 31.4 Å². The third kappa shape index (κ3) is 7.01. The zero-order valence-corrected chi connectivity index (χ0v) is 30.5. The molecule has 3 saturated heterocycles. The number of benzene rings is 1. The molecular weight excluding hydrogens is 678 g/mol. The SMILES string of the molecule is C=CCCC(=O)N(C)[C@H](C)[C@H](OC(=O)[C@@H]1[C@H]2O[C@@]3(CC2Br)[C@H](C(=O)N(CC=C)CCCC)N([C@@H](CO)C(C)C)C(=O)[C@@H]13)c1ccccc1. The second kappa shape index (κ2) is 16.1. The predicted molar refractivity (Wildman–Crippen MR) is 187 cm³/mol. The highest BCUT2D eigenvalue weighted by Gasteiger charge is 2.77. The fraction of sp³-hybridized carbons (Fsp3) is 0.622. The summed E-state index contributed by atoms with van der Waals surface area (Å²) in [4.78, 5) is 61.2. The molecule has 3 aliphatic heterocycles. The summed E-state index contributed by atoms with van der Waals surface area (Å²) in [5, 5.41) is 10.6. The lowest BCUT2D eigenvalue weighted by Gasteiger charge is -2.40. The van der Waals surface area contributed by atoms with Gasteiger partial charge in [-0.2, -0.15) is 0 Å². The zero-order valence-electron chi connectivity index (χ0n) is 28.9. The molecule has 1 aromatic carbocycles. The van der Waals surface area contributed by atoms with E-state index >= 15 is 0 Å². The molecular formula is C37H52BrN3O7. The number of rotatable bonds is 17. The number of carbonyl (C=O) groups excluding carboxylic acids is 4. The maximum Gasteiger partial charge on any atom is 0.313 e. The molecule has 0 saturated carbocycles. The predicted octanol–water partition coefficient (Wildman–Crippen LogP) is 4.66. The van der Waals surface area contributed by atoms with Crippen molar-refractivity contribution in [3.05, 3.63) is 61.2 Å². The highest BCUT2D eigenvalue weighted by Crippen LogP contribution is 2.61. The second-order valence-corrected chi connectivity index (χ2v) is 14.8. The third-order valence-corrected chi connectivity index (χ3v) is 11.2. The fourth-order valence-electron chi connectivity index (χ4n) is 7.69. The monoisotopic (exact) mass is 729 g/mol. The number of aliphatic hydroxyl groups is 1. The Morgan fingerprint density at radius 2 is 1.88 bits per heavy atom. The number of likely N-dealkylation sites (tertiary alicyclic amines) is 1. The van der Waals surface area contributed by atoms with Crippen LogP contribution in [0.4, 0.5) is 0 Å². The van der Waals surface area contributed by atoms with Crippen molar-refractivity contribution in [2.75, 3.05) is 26.7 Å². The number of amides is 3. The molecule has 2 bridgehead atoms. The number of alkyl halides is 1. The number of hydrogen-bond donors (Lipinski definition) is 1. The molecule has 3 amide bonds. The Bertz CT molecular complexity index is 1340. The minimum Gasteiger partial charge on any atom is -0.455 e. The summed E-state index contributed by atoms with van der Waals surface area (Å²) in [6.45, 7) is 15.7. The van der Waals surface area contributed by atoms with Crippen LogP contribution in [0.1, 0.15) is 71.5 Å². The van der Waals surface area contributed by atoms with Gasteiger partial charge < -0.3 is 29.3 Å². The van der Waals surface area contributed by atoms with Gasteiger partial charge >= 0.3 is 5.97 Å². The first-order valence-corrected chi connectivity index (χ1v) is 18.1. The van der Waals surface area contributed by atoms with Crippen LogP contribution in [0.15, 0.2) is 55.6 Å². The third-order valence-electron chi connectivity index (χ3n) is 10.4. The Labute approximate surface area is 293 Å². The summed E-state index contributed by atoms with van der Waals surface area (Å²) in [6.07, 6.45) is 4.60. The minimum atomic E-state index is -1.30. The van der Waals surface area contributed by atoms with Crippen LogP contribution in [-0.4, -0.2) is 105 Å². The molecule has 9 atom stereocenters. The Morgan fingerprint density at radius 1 is 1.19 bits per heavy atom. The van der Waals surface area contributed by atoms with Crippen molar-refractivity contribution >= 4 is 39.6 Å². The molecule has 1 spiro atoms. The van der Waals surface area contributed by atoms with Crippen molar-refractivity contribution in [3.8, 4) is 0 Å². The number of fused-ring (bicyclic) bond motifs is 1. The van der Waals surface area contributed by atoms with Gasteiger partial charge in [0.2, 0.25) is 17.7 Å². The van der Waals surface area contributed by atoms with Crippen molar-refractivity contribution in [2.45, 2.75) is 101 Å². The van der Waals surface area contributed by atoms with Crippen molar-refractivity contribution in [1.82, 2.24) is 14.7 Å². The number of nitrogens with zero attached hydrogens (tertiary/aromatic N) is 3. The quantitative estimate of drug-likeness (QED) is 0.141. The van der Waals surface area contributed by atoms with Crippen molar-refractivity contribution in [2.24, 2.45) is 17.8 Å². The van der Waals surface area contributed by atoms with Crippen LogP contribution in [0.5, 0.6) is 0 Å². The molecule has 3 heterocycles. The van der Waals surface area contributed by atoms with Gasteiger partial charge in [0.15, 0.2) is 0 Å². The molecule has 10 nitrogen and oxygen atoms in total. The van der Waals surface area contributed by atoms with Crippen molar-refractivity contribution < 1.29 is 33.8 Å². The van der Waals surface area contributed by atoms with Gasteiger partial charge in [-0.15, -0.1) is 13.2 Å². The van der Waals surface area contributed by atoms with Crippen LogP contribution < -0.4 is 0 Å². The lowest BCUT2D eigenvalue weighted by Crippen LogP contribution is -2.60. The summed E-state index contributed by atoms with van der Waals surface area (Å²) in [5.74, 6) is -3.56. The first-order valence-electron chi connectivity index (χ1n) is 17.2. The highest BCUT2D eigenvalue weighted by atomic mass is 79.9.